The summed E-state index contributed by atoms with van der Waals surface area (Å²) in [5, 5.41) is 0. The van der Waals surface area contributed by atoms with Gasteiger partial charge in [0, 0.05) is 18.6 Å². The summed E-state index contributed by atoms with van der Waals surface area (Å²) >= 11 is 0. The summed E-state index contributed by atoms with van der Waals surface area (Å²) < 4.78 is 0. The first-order valence-electron chi connectivity index (χ1n) is 7.88. The molecule has 2 unspecified atom stereocenters. The summed E-state index contributed by atoms with van der Waals surface area (Å²) in [7, 11) is 0. The van der Waals surface area contributed by atoms with E-state index in [2.05, 4.69) is 39.5 Å². The second-order valence-electron chi connectivity index (χ2n) is 7.11. The van der Waals surface area contributed by atoms with Crippen LogP contribution in [0.2, 0.25) is 0 Å². The molecule has 0 aromatic carbocycles. The lowest BCUT2D eigenvalue weighted by Crippen LogP contribution is -2.44. The van der Waals surface area contributed by atoms with Gasteiger partial charge in [-0.15, -0.1) is 0 Å². The Morgan fingerprint density at radius 3 is 2.39 bits per heavy atom. The third-order valence-electron chi connectivity index (χ3n) is 4.82. The van der Waals surface area contributed by atoms with E-state index in [1.165, 1.54) is 45.2 Å². The van der Waals surface area contributed by atoms with Crippen molar-refractivity contribution in [2.24, 2.45) is 17.1 Å². The molecule has 0 radical (unpaired) electrons. The Hall–Kier alpha value is -0.0800. The van der Waals surface area contributed by atoms with Crippen molar-refractivity contribution in [1.82, 2.24) is 4.90 Å². The van der Waals surface area contributed by atoms with Crippen LogP contribution in [0.3, 0.4) is 0 Å². The Kier molecular flexibility index (Phi) is 6.13. The fraction of sp³-hybridized carbons (Fsp3) is 1.00. The number of nitrogens with zero attached hydrogens (tertiary/aromatic N) is 1. The lowest BCUT2D eigenvalue weighted by molar-refractivity contribution is 0.167. The smallest absolute Gasteiger partial charge is 0.0131 e. The van der Waals surface area contributed by atoms with Gasteiger partial charge in [-0.1, -0.05) is 33.6 Å². The van der Waals surface area contributed by atoms with Gasteiger partial charge < -0.3 is 10.6 Å². The molecule has 2 N–H and O–H groups in total. The molecule has 0 aromatic heterocycles. The monoisotopic (exact) mass is 254 g/mol. The topological polar surface area (TPSA) is 29.3 Å². The van der Waals surface area contributed by atoms with Gasteiger partial charge in [-0.25, -0.2) is 0 Å². The quantitative estimate of drug-likeness (QED) is 0.703. The van der Waals surface area contributed by atoms with Gasteiger partial charge in [-0.3, -0.25) is 0 Å². The minimum absolute atomic E-state index is 0.344. The SMILES string of the molecule is CCCCCN(CC1CCC(C)(C)C1N)C(C)C. The number of rotatable bonds is 7. The maximum Gasteiger partial charge on any atom is 0.0131 e. The van der Waals surface area contributed by atoms with Crippen LogP contribution in [0.25, 0.3) is 0 Å². The van der Waals surface area contributed by atoms with Crippen LogP contribution in [0.5, 0.6) is 0 Å². The van der Waals surface area contributed by atoms with Crippen molar-refractivity contribution in [1.29, 1.82) is 0 Å². The average Bonchev–Trinajstić information content (AvgIpc) is 2.54. The van der Waals surface area contributed by atoms with Crippen LogP contribution in [-0.4, -0.2) is 30.1 Å². The molecule has 1 aliphatic carbocycles. The minimum atomic E-state index is 0.344. The van der Waals surface area contributed by atoms with E-state index >= 15 is 0 Å². The predicted octanol–water partition coefficient (Wildman–Crippen LogP) is 3.65. The minimum Gasteiger partial charge on any atom is -0.327 e. The summed E-state index contributed by atoms with van der Waals surface area (Å²) in [5.74, 6) is 0.698. The first-order chi connectivity index (χ1) is 8.38. The molecule has 2 atom stereocenters. The summed E-state index contributed by atoms with van der Waals surface area (Å²) in [4.78, 5) is 2.64. The lowest BCUT2D eigenvalue weighted by atomic mass is 9.85. The van der Waals surface area contributed by atoms with Crippen LogP contribution < -0.4 is 5.73 Å². The highest BCUT2D eigenvalue weighted by Crippen LogP contribution is 2.40. The van der Waals surface area contributed by atoms with Gasteiger partial charge in [0.1, 0.15) is 0 Å². The third-order valence-corrected chi connectivity index (χ3v) is 4.82. The maximum atomic E-state index is 6.43. The normalized spacial score (nSPS) is 27.3. The molecule has 0 aromatic rings. The summed E-state index contributed by atoms with van der Waals surface area (Å²) in [5.41, 5.74) is 6.78. The van der Waals surface area contributed by atoms with E-state index in [1.54, 1.807) is 0 Å². The molecule has 108 valence electrons. The molecule has 0 bridgehead atoms. The first kappa shape index (κ1) is 16.0. The largest absolute Gasteiger partial charge is 0.327 e. The van der Waals surface area contributed by atoms with Gasteiger partial charge in [0.05, 0.1) is 0 Å². The fourth-order valence-corrected chi connectivity index (χ4v) is 3.17. The Balaban J connectivity index is 2.46. The average molecular weight is 254 g/mol. The highest BCUT2D eigenvalue weighted by Gasteiger charge is 2.39. The van der Waals surface area contributed by atoms with Crippen LogP contribution in [0, 0.1) is 11.3 Å². The van der Waals surface area contributed by atoms with E-state index in [4.69, 9.17) is 5.73 Å². The second-order valence-corrected chi connectivity index (χ2v) is 7.11. The molecular formula is C16H34N2. The zero-order valence-electron chi connectivity index (χ0n) is 13.2. The molecule has 1 rings (SSSR count). The van der Waals surface area contributed by atoms with E-state index in [-0.39, 0.29) is 0 Å². The van der Waals surface area contributed by atoms with Gasteiger partial charge in [0.15, 0.2) is 0 Å². The van der Waals surface area contributed by atoms with Crippen molar-refractivity contribution in [2.45, 2.75) is 78.8 Å². The summed E-state index contributed by atoms with van der Waals surface area (Å²) in [6.45, 7) is 14.0. The number of unbranched alkanes of at least 4 members (excludes halogenated alkanes) is 2. The Bertz CT molecular complexity index is 235. The van der Waals surface area contributed by atoms with E-state index in [0.29, 0.717) is 23.4 Å². The number of hydrogen-bond donors (Lipinski definition) is 1. The second kappa shape index (κ2) is 6.91. The van der Waals surface area contributed by atoms with Gasteiger partial charge >= 0.3 is 0 Å². The molecule has 0 saturated heterocycles. The molecule has 0 heterocycles. The predicted molar refractivity (Wildman–Crippen MR) is 80.7 cm³/mol. The molecule has 2 nitrogen and oxygen atoms in total. The van der Waals surface area contributed by atoms with E-state index in [0.717, 1.165) is 0 Å². The zero-order valence-corrected chi connectivity index (χ0v) is 13.2. The number of hydrogen-bond acceptors (Lipinski definition) is 2. The van der Waals surface area contributed by atoms with Crippen molar-refractivity contribution in [3.63, 3.8) is 0 Å². The fourth-order valence-electron chi connectivity index (χ4n) is 3.17. The van der Waals surface area contributed by atoms with E-state index < -0.39 is 0 Å². The molecule has 1 saturated carbocycles. The van der Waals surface area contributed by atoms with Crippen molar-refractivity contribution in [3.8, 4) is 0 Å². The van der Waals surface area contributed by atoms with Crippen molar-refractivity contribution < 1.29 is 0 Å². The van der Waals surface area contributed by atoms with Crippen LogP contribution in [0.1, 0.15) is 66.7 Å². The third kappa shape index (κ3) is 4.24. The Morgan fingerprint density at radius 1 is 1.28 bits per heavy atom. The lowest BCUT2D eigenvalue weighted by Gasteiger charge is -2.33. The molecule has 0 amide bonds. The Labute approximate surface area is 114 Å². The molecule has 2 heteroatoms. The zero-order chi connectivity index (χ0) is 13.8. The van der Waals surface area contributed by atoms with Gasteiger partial charge in [-0.05, 0) is 51.0 Å². The van der Waals surface area contributed by atoms with Gasteiger partial charge in [0.25, 0.3) is 0 Å². The molecule has 0 spiro atoms. The van der Waals surface area contributed by atoms with Gasteiger partial charge in [0.2, 0.25) is 0 Å². The highest BCUT2D eigenvalue weighted by atomic mass is 15.1. The first-order valence-corrected chi connectivity index (χ1v) is 7.88. The molecule has 1 fully saturated rings. The molecule has 1 aliphatic rings. The van der Waals surface area contributed by atoms with E-state index in [1.807, 2.05) is 0 Å². The standard InChI is InChI=1S/C16H34N2/c1-6-7-8-11-18(13(2)3)12-14-9-10-16(4,5)15(14)17/h13-15H,6-12,17H2,1-5H3. The van der Waals surface area contributed by atoms with Crippen LogP contribution in [0.15, 0.2) is 0 Å². The summed E-state index contributed by atoms with van der Waals surface area (Å²) in [6, 6.07) is 1.03. The van der Waals surface area contributed by atoms with Gasteiger partial charge in [-0.2, -0.15) is 0 Å². The van der Waals surface area contributed by atoms with Crippen molar-refractivity contribution in [2.75, 3.05) is 13.1 Å². The number of nitrogens with two attached hydrogens (primary N) is 1. The van der Waals surface area contributed by atoms with Crippen LogP contribution in [-0.2, 0) is 0 Å². The maximum absolute atomic E-state index is 6.43. The molecular weight excluding hydrogens is 220 g/mol. The van der Waals surface area contributed by atoms with Crippen molar-refractivity contribution in [3.05, 3.63) is 0 Å². The summed E-state index contributed by atoms with van der Waals surface area (Å²) in [6.07, 6.45) is 6.60. The Morgan fingerprint density at radius 2 is 1.94 bits per heavy atom. The van der Waals surface area contributed by atoms with Crippen molar-refractivity contribution >= 4 is 0 Å². The van der Waals surface area contributed by atoms with Crippen LogP contribution in [0.4, 0.5) is 0 Å². The molecule has 0 aliphatic heterocycles. The van der Waals surface area contributed by atoms with E-state index in [9.17, 15) is 0 Å². The highest BCUT2D eigenvalue weighted by molar-refractivity contribution is 4.95. The van der Waals surface area contributed by atoms with Crippen LogP contribution >= 0.6 is 0 Å². The molecule has 18 heavy (non-hydrogen) atoms.